The van der Waals surface area contributed by atoms with E-state index in [-0.39, 0.29) is 5.78 Å². The first-order valence-corrected chi connectivity index (χ1v) is 20.2. The molecule has 0 radical (unpaired) electrons. The summed E-state index contributed by atoms with van der Waals surface area (Å²) in [7, 11) is 0. The number of allylic oxidation sites excluding steroid dienone is 4. The first-order chi connectivity index (χ1) is 22.1. The van der Waals surface area contributed by atoms with Gasteiger partial charge in [-0.05, 0) is 64.2 Å². The van der Waals surface area contributed by atoms with Gasteiger partial charge < -0.3 is 5.11 Å². The van der Waals surface area contributed by atoms with E-state index in [0.717, 1.165) is 38.5 Å². The Morgan fingerprint density at radius 1 is 0.422 bits per heavy atom. The molecule has 0 bridgehead atoms. The number of carbonyl (C=O) groups excluding carboxylic acids is 1. The Morgan fingerprint density at radius 2 is 0.711 bits per heavy atom. The van der Waals surface area contributed by atoms with Crippen molar-refractivity contribution in [2.75, 3.05) is 0 Å². The monoisotopic (exact) mass is 631 g/mol. The molecule has 0 amide bonds. The Kier molecular flexibility index (Phi) is 35.9. The molecule has 0 heterocycles. The van der Waals surface area contributed by atoms with Crippen LogP contribution in [0.4, 0.5) is 0 Å². The van der Waals surface area contributed by atoms with E-state index in [1.165, 1.54) is 161 Å². The van der Waals surface area contributed by atoms with Crippen LogP contribution in [0.15, 0.2) is 24.3 Å². The second kappa shape index (κ2) is 37.1. The number of hydrogen-bond donors (Lipinski definition) is 1. The molecule has 1 atom stereocenters. The molecule has 0 aliphatic heterocycles. The van der Waals surface area contributed by atoms with Gasteiger partial charge in [-0.15, -0.1) is 0 Å². The summed E-state index contributed by atoms with van der Waals surface area (Å²) in [5.74, 6) is -1.74. The molecule has 0 aromatic carbocycles. The maximum atomic E-state index is 12.6. The number of Topliss-reactive ketones (excluding diaryl/α,β-unsaturated/α-hetero) is 1. The third kappa shape index (κ3) is 33.8. The van der Waals surface area contributed by atoms with Gasteiger partial charge >= 0.3 is 5.97 Å². The van der Waals surface area contributed by atoms with Crippen LogP contribution in [0.3, 0.4) is 0 Å². The van der Waals surface area contributed by atoms with E-state index >= 15 is 0 Å². The van der Waals surface area contributed by atoms with Crippen LogP contribution in [0, 0.1) is 5.92 Å². The lowest BCUT2D eigenvalue weighted by molar-refractivity contribution is -0.146. The second-order valence-electron chi connectivity index (χ2n) is 13.8. The summed E-state index contributed by atoms with van der Waals surface area (Å²) in [6.07, 6.45) is 49.5. The maximum absolute atomic E-state index is 12.6. The standard InChI is InChI=1S/C42H78O3/c1-3-5-7-9-11-13-15-17-19-21-23-24-26-28-30-32-34-36-38-40(42(44)45)41(43)39-37-35-33-31-29-27-25-22-20-18-16-14-12-10-8-6-4-2/h17-20,40H,3-16,21-39H2,1-2H3,(H,44,45)/b19-17+,20-18+. The van der Waals surface area contributed by atoms with Crippen molar-refractivity contribution < 1.29 is 14.7 Å². The van der Waals surface area contributed by atoms with E-state index in [0.29, 0.717) is 12.8 Å². The largest absolute Gasteiger partial charge is 0.481 e. The van der Waals surface area contributed by atoms with Crippen molar-refractivity contribution in [2.24, 2.45) is 5.92 Å². The number of ketones is 1. The van der Waals surface area contributed by atoms with Crippen LogP contribution in [0.25, 0.3) is 0 Å². The Hall–Kier alpha value is -1.38. The second-order valence-corrected chi connectivity index (χ2v) is 13.8. The normalized spacial score (nSPS) is 12.5. The van der Waals surface area contributed by atoms with Gasteiger partial charge in [-0.2, -0.15) is 0 Å². The number of aliphatic carboxylic acids is 1. The number of carbonyl (C=O) groups is 2. The van der Waals surface area contributed by atoms with E-state index < -0.39 is 11.9 Å². The maximum Gasteiger partial charge on any atom is 0.314 e. The summed E-state index contributed by atoms with van der Waals surface area (Å²) in [6, 6.07) is 0. The Morgan fingerprint density at radius 3 is 1.04 bits per heavy atom. The number of rotatable bonds is 37. The summed E-state index contributed by atoms with van der Waals surface area (Å²) < 4.78 is 0. The fourth-order valence-electron chi connectivity index (χ4n) is 6.27. The molecule has 0 aromatic heterocycles. The first-order valence-electron chi connectivity index (χ1n) is 20.2. The summed E-state index contributed by atoms with van der Waals surface area (Å²) in [5, 5.41) is 9.60. The predicted octanol–water partition coefficient (Wildman–Crippen LogP) is 14.3. The molecule has 0 aliphatic carbocycles. The molecular weight excluding hydrogens is 552 g/mol. The van der Waals surface area contributed by atoms with Crippen LogP contribution in [0.5, 0.6) is 0 Å². The number of hydrogen-bond acceptors (Lipinski definition) is 2. The lowest BCUT2D eigenvalue weighted by Crippen LogP contribution is -2.23. The molecule has 3 nitrogen and oxygen atoms in total. The summed E-state index contributed by atoms with van der Waals surface area (Å²) in [5.41, 5.74) is 0. The van der Waals surface area contributed by atoms with Gasteiger partial charge in [-0.25, -0.2) is 0 Å². The summed E-state index contributed by atoms with van der Waals surface area (Å²) in [6.45, 7) is 4.54. The van der Waals surface area contributed by atoms with Crippen molar-refractivity contribution in [3.63, 3.8) is 0 Å². The molecule has 1 unspecified atom stereocenters. The van der Waals surface area contributed by atoms with Crippen LogP contribution >= 0.6 is 0 Å². The highest BCUT2D eigenvalue weighted by Gasteiger charge is 2.24. The van der Waals surface area contributed by atoms with E-state index in [1.807, 2.05) is 0 Å². The summed E-state index contributed by atoms with van der Waals surface area (Å²) >= 11 is 0. The molecule has 0 spiro atoms. The molecule has 45 heavy (non-hydrogen) atoms. The minimum Gasteiger partial charge on any atom is -0.481 e. The Bertz CT molecular complexity index is 679. The molecule has 0 saturated carbocycles. The number of carboxylic acids is 1. The van der Waals surface area contributed by atoms with Gasteiger partial charge in [0.2, 0.25) is 0 Å². The van der Waals surface area contributed by atoms with Gasteiger partial charge in [0.1, 0.15) is 11.7 Å². The highest BCUT2D eigenvalue weighted by atomic mass is 16.4. The van der Waals surface area contributed by atoms with Crippen LogP contribution in [0.1, 0.15) is 226 Å². The Balaban J connectivity index is 3.56. The van der Waals surface area contributed by atoms with Crippen LogP contribution in [0.2, 0.25) is 0 Å². The third-order valence-electron chi connectivity index (χ3n) is 9.38. The summed E-state index contributed by atoms with van der Waals surface area (Å²) in [4.78, 5) is 24.3. The average molecular weight is 631 g/mol. The highest BCUT2D eigenvalue weighted by molar-refractivity contribution is 5.98. The number of unbranched alkanes of at least 4 members (excludes halogenated alkanes) is 27. The fourth-order valence-corrected chi connectivity index (χ4v) is 6.27. The quantitative estimate of drug-likeness (QED) is 0.0422. The van der Waals surface area contributed by atoms with Crippen LogP contribution in [-0.4, -0.2) is 16.9 Å². The number of carboxylic acid groups (broad SMARTS) is 1. The van der Waals surface area contributed by atoms with Crippen molar-refractivity contribution in [3.05, 3.63) is 24.3 Å². The van der Waals surface area contributed by atoms with Crippen molar-refractivity contribution in [1.82, 2.24) is 0 Å². The first kappa shape index (κ1) is 43.6. The third-order valence-corrected chi connectivity index (χ3v) is 9.38. The minimum absolute atomic E-state index is 0.0451. The SMILES string of the molecule is CCCCCCCC/C=C/CCCCCCCCCCC(C(=O)O)C(=O)CCCCCCCCC/C=C/CCCCCCCC. The van der Waals surface area contributed by atoms with E-state index in [1.54, 1.807) is 0 Å². The molecule has 1 N–H and O–H groups in total. The van der Waals surface area contributed by atoms with Crippen LogP contribution in [-0.2, 0) is 9.59 Å². The van der Waals surface area contributed by atoms with E-state index in [2.05, 4.69) is 38.2 Å². The zero-order chi connectivity index (χ0) is 32.9. The molecule has 0 rings (SSSR count). The molecule has 0 fully saturated rings. The molecule has 0 saturated heterocycles. The minimum atomic E-state index is -0.915. The molecular formula is C42H78O3. The van der Waals surface area contributed by atoms with Gasteiger partial charge in [-0.1, -0.05) is 179 Å². The zero-order valence-corrected chi connectivity index (χ0v) is 30.5. The molecule has 264 valence electrons. The smallest absolute Gasteiger partial charge is 0.314 e. The van der Waals surface area contributed by atoms with Gasteiger partial charge in [0.25, 0.3) is 0 Å². The van der Waals surface area contributed by atoms with Crippen molar-refractivity contribution in [1.29, 1.82) is 0 Å². The van der Waals surface area contributed by atoms with Crippen molar-refractivity contribution >= 4 is 11.8 Å². The van der Waals surface area contributed by atoms with E-state index in [4.69, 9.17) is 0 Å². The lowest BCUT2D eigenvalue weighted by Gasteiger charge is -2.11. The zero-order valence-electron chi connectivity index (χ0n) is 30.5. The predicted molar refractivity (Wildman–Crippen MR) is 198 cm³/mol. The van der Waals surface area contributed by atoms with E-state index in [9.17, 15) is 14.7 Å². The molecule has 0 aromatic rings. The molecule has 3 heteroatoms. The van der Waals surface area contributed by atoms with Gasteiger partial charge in [0.15, 0.2) is 0 Å². The lowest BCUT2D eigenvalue weighted by atomic mass is 9.93. The average Bonchev–Trinajstić information content (AvgIpc) is 3.03. The van der Waals surface area contributed by atoms with Crippen LogP contribution < -0.4 is 0 Å². The van der Waals surface area contributed by atoms with Crippen molar-refractivity contribution in [2.45, 2.75) is 226 Å². The van der Waals surface area contributed by atoms with Gasteiger partial charge in [0, 0.05) is 6.42 Å². The Labute approximate surface area is 281 Å². The van der Waals surface area contributed by atoms with Crippen molar-refractivity contribution in [3.8, 4) is 0 Å². The van der Waals surface area contributed by atoms with Gasteiger partial charge in [0.05, 0.1) is 0 Å². The van der Waals surface area contributed by atoms with Gasteiger partial charge in [-0.3, -0.25) is 9.59 Å². The topological polar surface area (TPSA) is 54.4 Å². The fraction of sp³-hybridized carbons (Fsp3) is 0.857. The highest BCUT2D eigenvalue weighted by Crippen LogP contribution is 2.18. The molecule has 0 aliphatic rings.